The van der Waals surface area contributed by atoms with Crippen molar-refractivity contribution in [3.8, 4) is 0 Å². The highest BCUT2D eigenvalue weighted by molar-refractivity contribution is 5.88. The van der Waals surface area contributed by atoms with Gasteiger partial charge in [-0.15, -0.1) is 0 Å². The molecule has 0 aliphatic rings. The highest BCUT2D eigenvalue weighted by atomic mass is 16.4. The molecule has 5 N–H and O–H groups in total. The number of nitrogens with one attached hydrogen (secondary N) is 3. The van der Waals surface area contributed by atoms with Gasteiger partial charge < -0.3 is 20.8 Å². The number of hydrogen-bond acceptors (Lipinski definition) is 6. The van der Waals surface area contributed by atoms with Crippen LogP contribution in [0.4, 0.5) is 0 Å². The minimum absolute atomic E-state index is 0.0326. The van der Waals surface area contributed by atoms with Crippen molar-refractivity contribution < 1.29 is 29.4 Å². The second kappa shape index (κ2) is 13.2. The van der Waals surface area contributed by atoms with Crippen molar-refractivity contribution in [1.29, 1.82) is 0 Å². The first kappa shape index (κ1) is 34.2. The molecule has 0 heterocycles. The standard InChI is InChI=1S/C13H25NO3.C12H24N2O3/c1-12(2,3)8-10(15)9(7-11(16)17)14-13(4,5)6;1-11(2,3)13-8(10(16)17)7-9(15)14-12(4,5)6/h9,14H,7-8H2,1-6H3,(H,16,17);8,13H,7H2,1-6H3,(H,14,15)(H,16,17). The highest BCUT2D eigenvalue weighted by Crippen LogP contribution is 2.21. The second-order valence-corrected chi connectivity index (χ2v) is 13.0. The number of carboxylic acid groups (broad SMARTS) is 2. The Morgan fingerprint density at radius 3 is 1.35 bits per heavy atom. The molecule has 0 fully saturated rings. The van der Waals surface area contributed by atoms with Gasteiger partial charge in [0.05, 0.1) is 18.9 Å². The summed E-state index contributed by atoms with van der Waals surface area (Å²) in [6, 6.07) is -1.47. The van der Waals surface area contributed by atoms with Crippen LogP contribution in [0.2, 0.25) is 0 Å². The lowest BCUT2D eigenvalue weighted by atomic mass is 9.86. The number of ketones is 1. The summed E-state index contributed by atoms with van der Waals surface area (Å²) in [6.45, 7) is 22.9. The first-order chi connectivity index (χ1) is 14.8. The molecule has 9 nitrogen and oxygen atoms in total. The number of rotatable bonds is 9. The molecule has 0 aromatic carbocycles. The molecular formula is C25H49N3O6. The summed E-state index contributed by atoms with van der Waals surface area (Å²) in [6.07, 6.45) is 0.157. The van der Waals surface area contributed by atoms with Gasteiger partial charge in [-0.1, -0.05) is 20.8 Å². The number of carbonyl (C=O) groups is 4. The lowest BCUT2D eigenvalue weighted by Crippen LogP contribution is -2.51. The normalized spacial score (nSPS) is 14.4. The number of hydrogen-bond donors (Lipinski definition) is 5. The lowest BCUT2D eigenvalue weighted by molar-refractivity contribution is -0.142. The number of amides is 1. The maximum absolute atomic E-state index is 12.0. The Labute approximate surface area is 205 Å². The predicted octanol–water partition coefficient (Wildman–Crippen LogP) is 3.36. The van der Waals surface area contributed by atoms with Crippen molar-refractivity contribution in [2.45, 2.75) is 131 Å². The summed E-state index contributed by atoms with van der Waals surface area (Å²) >= 11 is 0. The SMILES string of the molecule is CC(C)(C)CC(=O)C(CC(=O)O)NC(C)(C)C.CC(C)(C)NC(=O)CC(NC(C)(C)C)C(=O)O. The smallest absolute Gasteiger partial charge is 0.321 e. The van der Waals surface area contributed by atoms with Crippen LogP contribution in [0.1, 0.15) is 102 Å². The maximum atomic E-state index is 12.0. The van der Waals surface area contributed by atoms with Crippen LogP contribution in [0.25, 0.3) is 0 Å². The molecule has 0 aromatic heterocycles. The third kappa shape index (κ3) is 21.8. The molecule has 0 radical (unpaired) electrons. The molecule has 0 spiro atoms. The Morgan fingerprint density at radius 2 is 1.06 bits per heavy atom. The summed E-state index contributed by atoms with van der Waals surface area (Å²) in [4.78, 5) is 45.5. The van der Waals surface area contributed by atoms with Gasteiger partial charge in [-0.3, -0.25) is 24.5 Å². The molecule has 1 amide bonds. The number of carboxylic acids is 2. The molecule has 2 atom stereocenters. The van der Waals surface area contributed by atoms with E-state index in [0.717, 1.165) is 0 Å². The van der Waals surface area contributed by atoms with E-state index < -0.39 is 24.0 Å². The van der Waals surface area contributed by atoms with Crippen LogP contribution in [0, 0.1) is 5.41 Å². The Balaban J connectivity index is 0. The Bertz CT molecular complexity index is 691. The molecule has 200 valence electrons. The molecule has 0 bridgehead atoms. The van der Waals surface area contributed by atoms with Crippen molar-refractivity contribution in [2.75, 3.05) is 0 Å². The van der Waals surface area contributed by atoms with Gasteiger partial charge in [-0.05, 0) is 67.7 Å². The maximum Gasteiger partial charge on any atom is 0.321 e. The second-order valence-electron chi connectivity index (χ2n) is 13.0. The van der Waals surface area contributed by atoms with E-state index in [0.29, 0.717) is 6.42 Å². The lowest BCUT2D eigenvalue weighted by Gasteiger charge is -2.28. The van der Waals surface area contributed by atoms with Gasteiger partial charge in [0.25, 0.3) is 0 Å². The first-order valence-electron chi connectivity index (χ1n) is 11.6. The van der Waals surface area contributed by atoms with Gasteiger partial charge in [0.2, 0.25) is 5.91 Å². The van der Waals surface area contributed by atoms with Gasteiger partial charge in [0, 0.05) is 23.0 Å². The average molecular weight is 488 g/mol. The van der Waals surface area contributed by atoms with Crippen molar-refractivity contribution >= 4 is 23.6 Å². The summed E-state index contributed by atoms with van der Waals surface area (Å²) < 4.78 is 0. The van der Waals surface area contributed by atoms with E-state index in [4.69, 9.17) is 10.2 Å². The third-order valence-electron chi connectivity index (χ3n) is 3.89. The minimum atomic E-state index is -1.01. The fourth-order valence-electron chi connectivity index (χ4n) is 2.97. The van der Waals surface area contributed by atoms with Gasteiger partial charge in [-0.2, -0.15) is 0 Å². The zero-order valence-corrected chi connectivity index (χ0v) is 23.3. The molecule has 0 aliphatic heterocycles. The van der Waals surface area contributed by atoms with E-state index in [1.54, 1.807) is 0 Å². The van der Waals surface area contributed by atoms with E-state index in [9.17, 15) is 19.2 Å². The Morgan fingerprint density at radius 1 is 0.647 bits per heavy atom. The van der Waals surface area contributed by atoms with Gasteiger partial charge in [0.15, 0.2) is 5.78 Å². The molecule has 9 heteroatoms. The van der Waals surface area contributed by atoms with Crippen LogP contribution in [-0.2, 0) is 19.2 Å². The topological polar surface area (TPSA) is 145 Å². The van der Waals surface area contributed by atoms with Crippen molar-refractivity contribution in [1.82, 2.24) is 16.0 Å². The summed E-state index contributed by atoms with van der Waals surface area (Å²) in [7, 11) is 0. The molecule has 2 unspecified atom stereocenters. The molecule has 0 saturated heterocycles. The molecule has 0 rings (SSSR count). The highest BCUT2D eigenvalue weighted by Gasteiger charge is 2.29. The fraction of sp³-hybridized carbons (Fsp3) is 0.840. The molecule has 0 saturated carbocycles. The monoisotopic (exact) mass is 487 g/mol. The largest absolute Gasteiger partial charge is 0.481 e. The molecular weight excluding hydrogens is 438 g/mol. The minimum Gasteiger partial charge on any atom is -0.481 e. The summed E-state index contributed by atoms with van der Waals surface area (Å²) in [5, 5.41) is 26.6. The quantitative estimate of drug-likeness (QED) is 0.333. The van der Waals surface area contributed by atoms with Crippen LogP contribution >= 0.6 is 0 Å². The number of aliphatic carboxylic acids is 2. The summed E-state index contributed by atoms with van der Waals surface area (Å²) in [5.41, 5.74) is -1.08. The van der Waals surface area contributed by atoms with Crippen molar-refractivity contribution in [2.24, 2.45) is 5.41 Å². The third-order valence-corrected chi connectivity index (χ3v) is 3.89. The zero-order chi connectivity index (χ0) is 27.7. The number of carbonyl (C=O) groups excluding carboxylic acids is 2. The van der Waals surface area contributed by atoms with Gasteiger partial charge in [-0.25, -0.2) is 0 Å². The van der Waals surface area contributed by atoms with Crippen LogP contribution in [0.5, 0.6) is 0 Å². The molecule has 0 aliphatic carbocycles. The van der Waals surface area contributed by atoms with Crippen LogP contribution in [-0.4, -0.2) is 62.5 Å². The van der Waals surface area contributed by atoms with Crippen LogP contribution in [0.15, 0.2) is 0 Å². The predicted molar refractivity (Wildman–Crippen MR) is 135 cm³/mol. The van der Waals surface area contributed by atoms with E-state index in [1.807, 2.05) is 83.1 Å². The Kier molecular flexibility index (Phi) is 13.3. The van der Waals surface area contributed by atoms with E-state index in [2.05, 4.69) is 16.0 Å². The average Bonchev–Trinajstić information content (AvgIpc) is 2.47. The van der Waals surface area contributed by atoms with Gasteiger partial charge in [0.1, 0.15) is 6.04 Å². The van der Waals surface area contributed by atoms with Gasteiger partial charge >= 0.3 is 11.9 Å². The van der Waals surface area contributed by atoms with Crippen molar-refractivity contribution in [3.05, 3.63) is 0 Å². The van der Waals surface area contributed by atoms with E-state index >= 15 is 0 Å². The van der Waals surface area contributed by atoms with E-state index in [1.165, 1.54) is 0 Å². The molecule has 34 heavy (non-hydrogen) atoms. The Hall–Kier alpha value is -2.00. The van der Waals surface area contributed by atoms with E-state index in [-0.39, 0.29) is 46.6 Å². The zero-order valence-electron chi connectivity index (χ0n) is 23.3. The molecule has 0 aromatic rings. The van der Waals surface area contributed by atoms with Crippen LogP contribution < -0.4 is 16.0 Å². The number of Topliss-reactive ketones (excluding diaryl/α,β-unsaturated/α-hetero) is 1. The fourth-order valence-corrected chi connectivity index (χ4v) is 2.97. The summed E-state index contributed by atoms with van der Waals surface area (Å²) in [5.74, 6) is -2.26. The van der Waals surface area contributed by atoms with Crippen molar-refractivity contribution in [3.63, 3.8) is 0 Å². The van der Waals surface area contributed by atoms with Crippen LogP contribution in [0.3, 0.4) is 0 Å². The first-order valence-corrected chi connectivity index (χ1v) is 11.6.